The summed E-state index contributed by atoms with van der Waals surface area (Å²) in [4.78, 5) is 92.2. The highest BCUT2D eigenvalue weighted by atomic mass is 19.4. The molecule has 0 unspecified atom stereocenters. The van der Waals surface area contributed by atoms with Crippen LogP contribution in [0.5, 0.6) is 0 Å². The van der Waals surface area contributed by atoms with Gasteiger partial charge in [-0.3, -0.25) is 48.9 Å². The number of likely N-dealkylation sites (tertiary alicyclic amines) is 1. The first-order valence-electron chi connectivity index (χ1n) is 37.8. The lowest BCUT2D eigenvalue weighted by Crippen LogP contribution is -2.40. The van der Waals surface area contributed by atoms with Crippen molar-refractivity contribution < 1.29 is 68.2 Å². The number of aromatic nitrogens is 8. The summed E-state index contributed by atoms with van der Waals surface area (Å²) in [5, 5.41) is 4.33. The third kappa shape index (κ3) is 22.5. The van der Waals surface area contributed by atoms with Crippen molar-refractivity contribution in [3.05, 3.63) is 320 Å². The molecule has 2 amide bonds. The maximum atomic E-state index is 13.6. The predicted octanol–water partition coefficient (Wildman–Crippen LogP) is 18.9. The summed E-state index contributed by atoms with van der Waals surface area (Å²) < 4.78 is 129. The molecule has 12 aromatic rings. The van der Waals surface area contributed by atoms with Crippen LogP contribution in [0.2, 0.25) is 0 Å². The van der Waals surface area contributed by atoms with E-state index in [2.05, 4.69) is 75.6 Å². The molecule has 14 rings (SSSR count). The van der Waals surface area contributed by atoms with Gasteiger partial charge < -0.3 is 19.2 Å². The van der Waals surface area contributed by atoms with Gasteiger partial charge in [-0.2, -0.15) is 39.5 Å². The molecule has 8 heterocycles. The number of hydrogen-bond acceptors (Lipinski definition) is 13. The highest BCUT2D eigenvalue weighted by Gasteiger charge is 2.35. The molecule has 2 aliphatic heterocycles. The van der Waals surface area contributed by atoms with Gasteiger partial charge in [-0.1, -0.05) is 84.1 Å². The van der Waals surface area contributed by atoms with E-state index in [-0.39, 0.29) is 65.0 Å². The second kappa shape index (κ2) is 36.7. The molecule has 119 heavy (non-hydrogen) atoms. The maximum Gasteiger partial charge on any atom is 0.416 e. The van der Waals surface area contributed by atoms with Crippen LogP contribution in [0.4, 0.5) is 55.7 Å². The Bertz CT molecular complexity index is 6030. The van der Waals surface area contributed by atoms with Crippen LogP contribution in [0.3, 0.4) is 0 Å². The molecule has 1 N–H and O–H groups in total. The second-order valence-electron chi connectivity index (χ2n) is 29.6. The van der Waals surface area contributed by atoms with Crippen molar-refractivity contribution in [2.24, 2.45) is 0 Å². The van der Waals surface area contributed by atoms with Crippen molar-refractivity contribution in [2.45, 2.75) is 124 Å². The van der Waals surface area contributed by atoms with Crippen molar-refractivity contribution in [3.63, 3.8) is 0 Å². The van der Waals surface area contributed by atoms with Gasteiger partial charge in [-0.15, -0.1) is 0 Å². The minimum Gasteiger partial charge on any atom is -0.443 e. The van der Waals surface area contributed by atoms with Crippen LogP contribution in [0.1, 0.15) is 173 Å². The number of pyridine rings is 4. The van der Waals surface area contributed by atoms with Gasteiger partial charge in [0.05, 0.1) is 58.9 Å². The quantitative estimate of drug-likeness (QED) is 0.0613. The van der Waals surface area contributed by atoms with E-state index in [9.17, 15) is 63.5 Å². The molecule has 0 bridgehead atoms. The van der Waals surface area contributed by atoms with Gasteiger partial charge in [-0.05, 0) is 198 Å². The van der Waals surface area contributed by atoms with Crippen LogP contribution in [-0.2, 0) is 60.3 Å². The number of imidazole rings is 2. The number of ether oxygens (including phenoxy) is 1. The van der Waals surface area contributed by atoms with Crippen LogP contribution >= 0.6 is 0 Å². The summed E-state index contributed by atoms with van der Waals surface area (Å²) in [5.41, 5.74) is 8.91. The van der Waals surface area contributed by atoms with Gasteiger partial charge in [-0.25, -0.2) is 14.8 Å². The number of ketones is 3. The number of benzene rings is 6. The van der Waals surface area contributed by atoms with Crippen LogP contribution < -0.4 is 10.2 Å². The molecule has 0 aliphatic carbocycles. The highest BCUT2D eigenvalue weighted by molar-refractivity contribution is 6.03. The lowest BCUT2D eigenvalue weighted by atomic mass is 9.96. The molecule has 2 aliphatic rings. The Morgan fingerprint density at radius 2 is 0.983 bits per heavy atom. The van der Waals surface area contributed by atoms with Crippen LogP contribution in [-0.4, -0.2) is 98.5 Å². The minimum absolute atomic E-state index is 0.0415. The molecule has 604 valence electrons. The SMILES string of the molecule is CC(=O)Nc1cccc2c(C#Cc3cc(C(=O)Cc4cc(C(F)(F)F)ccn4)ccc3C)cncc12.Cc1ccc(C(=O)Cc2cc(-n3ccnc3)cc(C(F)(F)F)c2)cc1C#Cc1cncc(CN2CCCC2)c1.Cc1ccc(C(=O)Cc2cc(-n3ccnc3)cc(C(F)(F)F)c2)cc1C#Cc1cncc2c1CCCN2C(=O)OC(C)(C)C. The monoisotopic (exact) mass is 1620 g/mol. The number of carbonyl (C=O) groups is 5. The number of Topliss-reactive ketones (excluding diaryl/α,β-unsaturated/α-hetero) is 3. The Hall–Kier alpha value is -13.6. The Morgan fingerprint density at radius 3 is 1.51 bits per heavy atom. The van der Waals surface area contributed by atoms with Gasteiger partial charge in [0.25, 0.3) is 0 Å². The topological polar surface area (TPSA) is 200 Å². The zero-order valence-corrected chi connectivity index (χ0v) is 65.7. The van der Waals surface area contributed by atoms with E-state index in [0.29, 0.717) is 68.1 Å². The number of halogens is 9. The van der Waals surface area contributed by atoms with Crippen LogP contribution in [0.15, 0.2) is 208 Å². The first-order chi connectivity index (χ1) is 56.6. The Morgan fingerprint density at radius 1 is 0.471 bits per heavy atom. The normalized spacial score (nSPS) is 12.7. The molecule has 0 saturated carbocycles. The summed E-state index contributed by atoms with van der Waals surface area (Å²) in [6.45, 7) is 16.1. The number of carbonyl (C=O) groups excluding carboxylic acids is 5. The van der Waals surface area contributed by atoms with Crippen LogP contribution in [0, 0.1) is 56.3 Å². The molecule has 1 fully saturated rings. The average molecular weight is 1620 g/mol. The van der Waals surface area contributed by atoms with Crippen molar-refractivity contribution in [2.75, 3.05) is 29.9 Å². The second-order valence-corrected chi connectivity index (χ2v) is 29.6. The van der Waals surface area contributed by atoms with E-state index in [4.69, 9.17) is 4.74 Å². The number of amides is 2. The zero-order valence-electron chi connectivity index (χ0n) is 65.7. The minimum atomic E-state index is -4.57. The number of rotatable bonds is 14. The molecule has 1 saturated heterocycles. The first-order valence-corrected chi connectivity index (χ1v) is 37.8. The van der Waals surface area contributed by atoms with E-state index >= 15 is 0 Å². The zero-order chi connectivity index (χ0) is 84.9. The number of nitrogens with zero attached hydrogens (tertiary/aromatic N) is 10. The summed E-state index contributed by atoms with van der Waals surface area (Å²) in [6.07, 6.45) is 9.26. The average Bonchev–Trinajstić information content (AvgIpc) is 0.979. The third-order valence-corrected chi connectivity index (χ3v) is 19.4. The number of hydrogen-bond donors (Lipinski definition) is 1. The van der Waals surface area contributed by atoms with Crippen molar-refractivity contribution in [3.8, 4) is 46.9 Å². The van der Waals surface area contributed by atoms with Gasteiger partial charge >= 0.3 is 24.6 Å². The lowest BCUT2D eigenvalue weighted by molar-refractivity contribution is -0.138. The van der Waals surface area contributed by atoms with Crippen molar-refractivity contribution >= 4 is 51.5 Å². The van der Waals surface area contributed by atoms with E-state index < -0.39 is 46.9 Å². The number of aryl methyl sites for hydroxylation is 3. The fourth-order valence-corrected chi connectivity index (χ4v) is 13.3. The lowest BCUT2D eigenvalue weighted by Gasteiger charge is -2.31. The number of alkyl halides is 9. The predicted molar refractivity (Wildman–Crippen MR) is 433 cm³/mol. The molecule has 0 atom stereocenters. The molecule has 26 heteroatoms. The molecule has 6 aromatic heterocycles. The number of nitrogens with one attached hydrogen (secondary N) is 1. The van der Waals surface area contributed by atoms with Crippen molar-refractivity contribution in [1.82, 2.24) is 43.9 Å². The van der Waals surface area contributed by atoms with Gasteiger partial charge in [0, 0.05) is 167 Å². The summed E-state index contributed by atoms with van der Waals surface area (Å²) in [5.74, 6) is 17.6. The molecular weight excluding hydrogens is 1540 g/mol. The fraction of sp³-hybridized carbons (Fsp3) is 0.237. The van der Waals surface area contributed by atoms with Gasteiger partial charge in [0.15, 0.2) is 17.3 Å². The Balaban J connectivity index is 0.000000165. The summed E-state index contributed by atoms with van der Waals surface area (Å²) in [6, 6.07) is 31.7. The Kier molecular flexibility index (Phi) is 26.1. The standard InChI is InChI=1S/C34H31F3N4O3.C31H27F3N4O.C28H20F3N3O2/c1-22-7-8-25(31(42)16-23-14-27(34(35,36)37)18-28(15-23)40-13-11-38-21-40)17-24(22)9-10-26-19-39-20-30-29(26)6-5-12-41(30)32(43)44-33(2,3)4;1-22-4-6-27(16-26(22)7-5-23-12-25(19-36-18-23)20-37-9-2-3-10-37)30(39)15-24-13-28(31(32,33)34)17-29(14-24)38-11-8-35-21-38;1-17-6-7-20(27(36)14-23-13-22(10-11-33-23)28(29,30)31)12-19(17)8-9-21-15-32-16-25-24(21)4-3-5-26(25)34-18(2)35/h7-8,11,13-15,17-21H,5-6,12,16H2,1-4H3;4,6,8,11-14,16-19,21H,2-3,9-10,15,20H2,1H3;3-7,10-13,15-16H,14H2,1-2H3,(H,34,35). The summed E-state index contributed by atoms with van der Waals surface area (Å²) in [7, 11) is 0. The third-order valence-electron chi connectivity index (χ3n) is 19.4. The van der Waals surface area contributed by atoms with E-state index in [0.717, 1.165) is 119 Å². The van der Waals surface area contributed by atoms with E-state index in [1.807, 2.05) is 72.0 Å². The molecule has 0 spiro atoms. The smallest absolute Gasteiger partial charge is 0.416 e. The highest BCUT2D eigenvalue weighted by Crippen LogP contribution is 2.36. The Labute approximate surface area is 680 Å². The molecule has 0 radical (unpaired) electrons. The largest absolute Gasteiger partial charge is 0.443 e. The summed E-state index contributed by atoms with van der Waals surface area (Å²) >= 11 is 0. The van der Waals surface area contributed by atoms with Crippen LogP contribution in [0.25, 0.3) is 22.1 Å². The molecule has 17 nitrogen and oxygen atoms in total. The first kappa shape index (κ1) is 84.7. The fourth-order valence-electron chi connectivity index (χ4n) is 13.3. The van der Waals surface area contributed by atoms with Gasteiger partial charge in [0.1, 0.15) is 5.60 Å². The van der Waals surface area contributed by atoms with Gasteiger partial charge in [0.2, 0.25) is 5.91 Å². The molecule has 6 aromatic carbocycles. The van der Waals surface area contributed by atoms with E-state index in [1.54, 1.807) is 115 Å². The maximum absolute atomic E-state index is 13.6. The number of fused-ring (bicyclic) bond motifs is 2. The molecular formula is C93H78F9N11O6. The number of anilines is 2. The van der Waals surface area contributed by atoms with Crippen molar-refractivity contribution in [1.29, 1.82) is 0 Å². The van der Waals surface area contributed by atoms with E-state index in [1.165, 1.54) is 53.9 Å².